The fraction of sp³-hybridized carbons (Fsp3) is 0.632. The van der Waals surface area contributed by atoms with Gasteiger partial charge in [0.1, 0.15) is 0 Å². The fourth-order valence-electron chi connectivity index (χ4n) is 2.71. The predicted molar refractivity (Wildman–Crippen MR) is 90.2 cm³/mol. The molecule has 1 rings (SSSR count). The summed E-state index contributed by atoms with van der Waals surface area (Å²) in [7, 11) is 0. The smallest absolute Gasteiger partial charge is 0.223 e. The first kappa shape index (κ1) is 17.7. The maximum absolute atomic E-state index is 12.7. The van der Waals surface area contributed by atoms with Crippen molar-refractivity contribution in [2.45, 2.75) is 73.4 Å². The predicted octanol–water partition coefficient (Wildman–Crippen LogP) is 4.95. The molecule has 0 aliphatic heterocycles. The summed E-state index contributed by atoms with van der Waals surface area (Å²) >= 11 is 0. The Labute approximate surface area is 130 Å². The van der Waals surface area contributed by atoms with Crippen LogP contribution in [-0.4, -0.2) is 16.8 Å². The first-order valence-corrected chi connectivity index (χ1v) is 8.11. The number of carbonyl (C=O) groups excluding carboxylic acids is 1. The average Bonchev–Trinajstić information content (AvgIpc) is 2.37. The molecule has 0 aliphatic carbocycles. The lowest BCUT2D eigenvalue weighted by Gasteiger charge is -2.33. The van der Waals surface area contributed by atoms with Crippen LogP contribution in [0.3, 0.4) is 0 Å². The number of benzene rings is 1. The van der Waals surface area contributed by atoms with E-state index in [2.05, 4.69) is 70.7 Å². The van der Waals surface area contributed by atoms with Gasteiger partial charge >= 0.3 is 0 Å². The molecule has 118 valence electrons. The monoisotopic (exact) mass is 289 g/mol. The van der Waals surface area contributed by atoms with Gasteiger partial charge in [0.25, 0.3) is 0 Å². The quantitative estimate of drug-likeness (QED) is 0.725. The van der Waals surface area contributed by atoms with E-state index in [-0.39, 0.29) is 11.3 Å². The number of carbonyl (C=O) groups is 1. The van der Waals surface area contributed by atoms with E-state index in [1.165, 1.54) is 11.1 Å². The van der Waals surface area contributed by atoms with Gasteiger partial charge in [-0.1, -0.05) is 64.4 Å². The second kappa shape index (κ2) is 7.63. The molecule has 2 nitrogen and oxygen atoms in total. The number of nitrogens with zero attached hydrogens (tertiary/aromatic N) is 1. The van der Waals surface area contributed by atoms with Crippen molar-refractivity contribution in [2.24, 2.45) is 5.41 Å². The molecule has 0 heterocycles. The Bertz CT molecular complexity index is 455. The summed E-state index contributed by atoms with van der Waals surface area (Å²) in [6.07, 6.45) is 2.63. The number of hydrogen-bond donors (Lipinski definition) is 0. The zero-order valence-corrected chi connectivity index (χ0v) is 14.6. The van der Waals surface area contributed by atoms with Gasteiger partial charge in [0.15, 0.2) is 0 Å². The average molecular weight is 289 g/mol. The third kappa shape index (κ3) is 5.91. The highest BCUT2D eigenvalue weighted by Gasteiger charge is 2.25. The van der Waals surface area contributed by atoms with Crippen LogP contribution in [0.15, 0.2) is 24.3 Å². The van der Waals surface area contributed by atoms with E-state index in [9.17, 15) is 4.79 Å². The number of aryl methyl sites for hydroxylation is 1. The summed E-state index contributed by atoms with van der Waals surface area (Å²) in [5, 5.41) is 0. The van der Waals surface area contributed by atoms with Crippen molar-refractivity contribution in [3.8, 4) is 0 Å². The summed E-state index contributed by atoms with van der Waals surface area (Å²) in [5.74, 6) is 0.276. The van der Waals surface area contributed by atoms with Crippen molar-refractivity contribution >= 4 is 5.91 Å². The Morgan fingerprint density at radius 2 is 1.81 bits per heavy atom. The van der Waals surface area contributed by atoms with Gasteiger partial charge in [-0.2, -0.15) is 0 Å². The highest BCUT2D eigenvalue weighted by molar-refractivity contribution is 5.77. The van der Waals surface area contributed by atoms with Gasteiger partial charge < -0.3 is 4.90 Å². The fourth-order valence-corrected chi connectivity index (χ4v) is 2.71. The van der Waals surface area contributed by atoms with Gasteiger partial charge in [-0.25, -0.2) is 0 Å². The highest BCUT2D eigenvalue weighted by Crippen LogP contribution is 2.23. The van der Waals surface area contributed by atoms with E-state index in [1.807, 2.05) is 0 Å². The van der Waals surface area contributed by atoms with Gasteiger partial charge in [0.2, 0.25) is 5.91 Å². The standard InChI is InChI=1S/C19H31NO/c1-7-17(8-2)20(18(21)13-19(4,5)6)14-16-11-9-10-15(3)12-16/h9-12,17H,7-8,13-14H2,1-6H3. The second-order valence-corrected chi connectivity index (χ2v) is 7.22. The van der Waals surface area contributed by atoms with Gasteiger partial charge in [0.05, 0.1) is 0 Å². The molecule has 1 aromatic carbocycles. The van der Waals surface area contributed by atoms with E-state index >= 15 is 0 Å². The van der Waals surface area contributed by atoms with E-state index in [4.69, 9.17) is 0 Å². The summed E-state index contributed by atoms with van der Waals surface area (Å²) < 4.78 is 0. The Morgan fingerprint density at radius 1 is 1.19 bits per heavy atom. The Hall–Kier alpha value is -1.31. The number of hydrogen-bond acceptors (Lipinski definition) is 1. The molecule has 0 saturated carbocycles. The normalized spacial score (nSPS) is 11.8. The summed E-state index contributed by atoms with van der Waals surface area (Å²) in [6.45, 7) is 13.5. The van der Waals surface area contributed by atoms with E-state index in [0.717, 1.165) is 19.4 Å². The van der Waals surface area contributed by atoms with Crippen molar-refractivity contribution < 1.29 is 4.79 Å². The Morgan fingerprint density at radius 3 is 2.29 bits per heavy atom. The first-order chi connectivity index (χ1) is 9.76. The summed E-state index contributed by atoms with van der Waals surface area (Å²) in [4.78, 5) is 14.8. The maximum Gasteiger partial charge on any atom is 0.223 e. The molecule has 0 aliphatic rings. The molecule has 1 amide bonds. The van der Waals surface area contributed by atoms with Gasteiger partial charge in [-0.3, -0.25) is 4.79 Å². The first-order valence-electron chi connectivity index (χ1n) is 8.11. The minimum Gasteiger partial charge on any atom is -0.335 e. The molecule has 2 heteroatoms. The third-order valence-corrected chi connectivity index (χ3v) is 3.82. The van der Waals surface area contributed by atoms with Gasteiger partial charge in [0, 0.05) is 19.0 Å². The molecule has 0 unspecified atom stereocenters. The Kier molecular flexibility index (Phi) is 6.44. The third-order valence-electron chi connectivity index (χ3n) is 3.82. The zero-order valence-electron chi connectivity index (χ0n) is 14.6. The zero-order chi connectivity index (χ0) is 16.0. The van der Waals surface area contributed by atoms with E-state index in [1.54, 1.807) is 0 Å². The lowest BCUT2D eigenvalue weighted by atomic mass is 9.91. The molecule has 0 spiro atoms. The van der Waals surface area contributed by atoms with Crippen molar-refractivity contribution in [3.05, 3.63) is 35.4 Å². The largest absolute Gasteiger partial charge is 0.335 e. The van der Waals surface area contributed by atoms with Crippen LogP contribution in [0, 0.1) is 12.3 Å². The topological polar surface area (TPSA) is 20.3 Å². The molecule has 0 N–H and O–H groups in total. The maximum atomic E-state index is 12.7. The molecule has 0 bridgehead atoms. The minimum absolute atomic E-state index is 0.0357. The second-order valence-electron chi connectivity index (χ2n) is 7.22. The molecule has 21 heavy (non-hydrogen) atoms. The van der Waals surface area contributed by atoms with Crippen LogP contribution >= 0.6 is 0 Å². The van der Waals surface area contributed by atoms with Gasteiger partial charge in [-0.15, -0.1) is 0 Å². The van der Waals surface area contributed by atoms with Crippen LogP contribution < -0.4 is 0 Å². The van der Waals surface area contributed by atoms with Crippen LogP contribution in [0.4, 0.5) is 0 Å². The lowest BCUT2D eigenvalue weighted by Crippen LogP contribution is -2.40. The van der Waals surface area contributed by atoms with Crippen LogP contribution in [0.2, 0.25) is 0 Å². The van der Waals surface area contributed by atoms with Gasteiger partial charge in [-0.05, 0) is 30.7 Å². The number of rotatable bonds is 6. The molecule has 0 saturated heterocycles. The van der Waals surface area contributed by atoms with Crippen molar-refractivity contribution in [3.63, 3.8) is 0 Å². The molecule has 0 radical (unpaired) electrons. The van der Waals surface area contributed by atoms with Crippen LogP contribution in [0.5, 0.6) is 0 Å². The highest BCUT2D eigenvalue weighted by atomic mass is 16.2. The van der Waals surface area contributed by atoms with Crippen molar-refractivity contribution in [1.82, 2.24) is 4.90 Å². The summed E-state index contributed by atoms with van der Waals surface area (Å²) in [6, 6.07) is 8.80. The van der Waals surface area contributed by atoms with Crippen LogP contribution in [-0.2, 0) is 11.3 Å². The van der Waals surface area contributed by atoms with E-state index < -0.39 is 0 Å². The molecular weight excluding hydrogens is 258 g/mol. The lowest BCUT2D eigenvalue weighted by molar-refractivity contribution is -0.136. The molecular formula is C19H31NO. The Balaban J connectivity index is 2.94. The van der Waals surface area contributed by atoms with Crippen LogP contribution in [0.25, 0.3) is 0 Å². The van der Waals surface area contributed by atoms with Crippen LogP contribution in [0.1, 0.15) is 65.0 Å². The van der Waals surface area contributed by atoms with Crippen molar-refractivity contribution in [1.29, 1.82) is 0 Å². The SMILES string of the molecule is CCC(CC)N(Cc1cccc(C)c1)C(=O)CC(C)(C)C. The number of amides is 1. The van der Waals surface area contributed by atoms with Crippen molar-refractivity contribution in [2.75, 3.05) is 0 Å². The van der Waals surface area contributed by atoms with E-state index in [0.29, 0.717) is 12.5 Å². The minimum atomic E-state index is 0.0357. The molecule has 0 aromatic heterocycles. The molecule has 1 aromatic rings. The molecule has 0 atom stereocenters. The summed E-state index contributed by atoms with van der Waals surface area (Å²) in [5.41, 5.74) is 2.51. The molecule has 0 fully saturated rings.